The van der Waals surface area contributed by atoms with E-state index in [9.17, 15) is 0 Å². The van der Waals surface area contributed by atoms with Gasteiger partial charge in [-0.25, -0.2) is 4.98 Å². The number of aromatic nitrogens is 4. The van der Waals surface area contributed by atoms with Gasteiger partial charge in [0.15, 0.2) is 0 Å². The Balaban J connectivity index is 2.12. The number of fused-ring (bicyclic) bond motifs is 1. The molecule has 4 nitrogen and oxygen atoms in total. The molecule has 6 heteroatoms. The van der Waals surface area contributed by atoms with E-state index in [-0.39, 0.29) is 0 Å². The lowest BCUT2D eigenvalue weighted by Gasteiger charge is -2.05. The van der Waals surface area contributed by atoms with Crippen LogP contribution in [0.25, 0.3) is 11.0 Å². The van der Waals surface area contributed by atoms with Crippen LogP contribution in [0.2, 0.25) is 0 Å². The lowest BCUT2D eigenvalue weighted by atomic mass is 10.3. The first kappa shape index (κ1) is 12.7. The standard InChI is InChI=1S/C13H12BrClN4/c1-18-5-4-10(17-18)8-19-12-6-9(14)2-3-11(12)16-13(19)7-15/h2-6H,7-8H2,1H3. The number of aryl methyl sites for hydroxylation is 1. The van der Waals surface area contributed by atoms with Gasteiger partial charge in [0.1, 0.15) is 5.82 Å². The highest BCUT2D eigenvalue weighted by molar-refractivity contribution is 9.10. The molecule has 3 rings (SSSR count). The molecule has 19 heavy (non-hydrogen) atoms. The van der Waals surface area contributed by atoms with E-state index >= 15 is 0 Å². The molecular formula is C13H12BrClN4. The minimum absolute atomic E-state index is 0.388. The number of nitrogens with zero attached hydrogens (tertiary/aromatic N) is 4. The van der Waals surface area contributed by atoms with Gasteiger partial charge in [-0.3, -0.25) is 4.68 Å². The summed E-state index contributed by atoms with van der Waals surface area (Å²) in [6.07, 6.45) is 1.94. The van der Waals surface area contributed by atoms with E-state index in [0.29, 0.717) is 12.4 Å². The second kappa shape index (κ2) is 4.98. The Bertz CT molecular complexity index is 731. The normalized spacial score (nSPS) is 11.3. The zero-order valence-electron chi connectivity index (χ0n) is 10.3. The van der Waals surface area contributed by atoms with E-state index in [4.69, 9.17) is 11.6 Å². The molecule has 0 bridgehead atoms. The number of rotatable bonds is 3. The van der Waals surface area contributed by atoms with Crippen LogP contribution in [0.1, 0.15) is 11.5 Å². The van der Waals surface area contributed by atoms with Crippen LogP contribution in [-0.2, 0) is 19.5 Å². The smallest absolute Gasteiger partial charge is 0.125 e. The van der Waals surface area contributed by atoms with Gasteiger partial charge >= 0.3 is 0 Å². The molecule has 0 atom stereocenters. The molecule has 0 fully saturated rings. The minimum atomic E-state index is 0.388. The summed E-state index contributed by atoms with van der Waals surface area (Å²) in [5.74, 6) is 1.25. The first-order valence-corrected chi connectivity index (χ1v) is 7.19. The third kappa shape index (κ3) is 2.40. The molecule has 98 valence electrons. The van der Waals surface area contributed by atoms with E-state index in [1.165, 1.54) is 0 Å². The van der Waals surface area contributed by atoms with Crippen LogP contribution in [-0.4, -0.2) is 19.3 Å². The summed E-state index contributed by atoms with van der Waals surface area (Å²) in [6, 6.07) is 8.03. The summed E-state index contributed by atoms with van der Waals surface area (Å²) in [4.78, 5) is 4.55. The average molecular weight is 340 g/mol. The number of hydrogen-bond donors (Lipinski definition) is 0. The molecule has 0 unspecified atom stereocenters. The fourth-order valence-corrected chi connectivity index (χ4v) is 2.69. The van der Waals surface area contributed by atoms with Crippen molar-refractivity contribution >= 4 is 38.6 Å². The largest absolute Gasteiger partial charge is 0.321 e. The Labute approximate surface area is 124 Å². The van der Waals surface area contributed by atoms with Crippen molar-refractivity contribution in [3.8, 4) is 0 Å². The number of halogens is 2. The van der Waals surface area contributed by atoms with Gasteiger partial charge in [-0.2, -0.15) is 5.10 Å². The summed E-state index contributed by atoms with van der Waals surface area (Å²) >= 11 is 9.49. The lowest BCUT2D eigenvalue weighted by molar-refractivity contribution is 0.701. The van der Waals surface area contributed by atoms with Crippen LogP contribution < -0.4 is 0 Å². The van der Waals surface area contributed by atoms with E-state index in [1.54, 1.807) is 4.68 Å². The highest BCUT2D eigenvalue weighted by atomic mass is 79.9. The third-order valence-electron chi connectivity index (χ3n) is 3.00. The fourth-order valence-electron chi connectivity index (χ4n) is 2.13. The van der Waals surface area contributed by atoms with E-state index < -0.39 is 0 Å². The van der Waals surface area contributed by atoms with Crippen molar-refractivity contribution in [2.75, 3.05) is 0 Å². The topological polar surface area (TPSA) is 35.6 Å². The Morgan fingerprint density at radius 2 is 2.16 bits per heavy atom. The van der Waals surface area contributed by atoms with Gasteiger partial charge in [0.2, 0.25) is 0 Å². The van der Waals surface area contributed by atoms with Gasteiger partial charge in [-0.05, 0) is 24.3 Å². The number of hydrogen-bond acceptors (Lipinski definition) is 2. The van der Waals surface area contributed by atoms with Crippen molar-refractivity contribution in [2.45, 2.75) is 12.4 Å². The van der Waals surface area contributed by atoms with Crippen molar-refractivity contribution in [3.05, 3.63) is 46.5 Å². The quantitative estimate of drug-likeness (QED) is 0.686. The molecule has 0 N–H and O–H groups in total. The van der Waals surface area contributed by atoms with Gasteiger partial charge in [-0.15, -0.1) is 11.6 Å². The van der Waals surface area contributed by atoms with Crippen LogP contribution in [0, 0.1) is 0 Å². The summed E-state index contributed by atoms with van der Waals surface area (Å²) < 4.78 is 4.93. The van der Waals surface area contributed by atoms with Crippen LogP contribution in [0.5, 0.6) is 0 Å². The second-order valence-corrected chi connectivity index (χ2v) is 5.54. The molecule has 0 aliphatic heterocycles. The SMILES string of the molecule is Cn1ccc(Cn2c(CCl)nc3ccc(Br)cc32)n1. The first-order valence-electron chi connectivity index (χ1n) is 5.86. The van der Waals surface area contributed by atoms with Crippen molar-refractivity contribution in [3.63, 3.8) is 0 Å². The Kier molecular flexibility index (Phi) is 3.33. The Morgan fingerprint density at radius 3 is 2.84 bits per heavy atom. The molecule has 0 aliphatic carbocycles. The van der Waals surface area contributed by atoms with Crippen LogP contribution in [0.4, 0.5) is 0 Å². The predicted molar refractivity (Wildman–Crippen MR) is 79.3 cm³/mol. The van der Waals surface area contributed by atoms with Crippen molar-refractivity contribution < 1.29 is 0 Å². The third-order valence-corrected chi connectivity index (χ3v) is 3.73. The predicted octanol–water partition coefficient (Wildman–Crippen LogP) is 3.32. The molecule has 0 amide bonds. The zero-order chi connectivity index (χ0) is 13.4. The summed E-state index contributed by atoms with van der Waals surface area (Å²) in [7, 11) is 1.91. The van der Waals surface area contributed by atoms with Crippen molar-refractivity contribution in [1.82, 2.24) is 19.3 Å². The minimum Gasteiger partial charge on any atom is -0.321 e. The number of benzene rings is 1. The van der Waals surface area contributed by atoms with Crippen LogP contribution in [0.15, 0.2) is 34.9 Å². The monoisotopic (exact) mass is 338 g/mol. The van der Waals surface area contributed by atoms with Crippen LogP contribution in [0.3, 0.4) is 0 Å². The van der Waals surface area contributed by atoms with Gasteiger partial charge in [0.25, 0.3) is 0 Å². The van der Waals surface area contributed by atoms with Crippen LogP contribution >= 0.6 is 27.5 Å². The summed E-state index contributed by atoms with van der Waals surface area (Å²) in [5, 5.41) is 4.40. The van der Waals surface area contributed by atoms with Gasteiger partial charge in [0, 0.05) is 17.7 Å². The summed E-state index contributed by atoms with van der Waals surface area (Å²) in [5.41, 5.74) is 3.01. The Morgan fingerprint density at radius 1 is 1.32 bits per heavy atom. The Hall–Kier alpha value is -1.33. The molecule has 2 heterocycles. The van der Waals surface area contributed by atoms with E-state index in [1.807, 2.05) is 31.4 Å². The van der Waals surface area contributed by atoms with E-state index in [2.05, 4.69) is 36.6 Å². The first-order chi connectivity index (χ1) is 9.17. The maximum absolute atomic E-state index is 5.99. The van der Waals surface area contributed by atoms with E-state index in [0.717, 1.165) is 27.0 Å². The molecule has 2 aromatic heterocycles. The molecule has 3 aromatic rings. The number of alkyl halides is 1. The highest BCUT2D eigenvalue weighted by Crippen LogP contribution is 2.22. The van der Waals surface area contributed by atoms with Gasteiger partial charge in [-0.1, -0.05) is 15.9 Å². The van der Waals surface area contributed by atoms with Gasteiger partial charge in [0.05, 0.1) is 29.2 Å². The maximum Gasteiger partial charge on any atom is 0.125 e. The molecule has 0 spiro atoms. The second-order valence-electron chi connectivity index (χ2n) is 4.36. The van der Waals surface area contributed by atoms with Crippen molar-refractivity contribution in [1.29, 1.82) is 0 Å². The van der Waals surface area contributed by atoms with Crippen molar-refractivity contribution in [2.24, 2.45) is 7.05 Å². The molecule has 0 saturated heterocycles. The highest BCUT2D eigenvalue weighted by Gasteiger charge is 2.11. The summed E-state index contributed by atoms with van der Waals surface area (Å²) in [6.45, 7) is 0.676. The molecular weight excluding hydrogens is 328 g/mol. The molecule has 1 aromatic carbocycles. The molecule has 0 saturated carbocycles. The zero-order valence-corrected chi connectivity index (χ0v) is 12.7. The lowest BCUT2D eigenvalue weighted by Crippen LogP contribution is -2.05. The fraction of sp³-hybridized carbons (Fsp3) is 0.231. The molecule has 0 aliphatic rings. The molecule has 0 radical (unpaired) electrons. The average Bonchev–Trinajstić information content (AvgIpc) is 2.94. The van der Waals surface area contributed by atoms with Gasteiger partial charge < -0.3 is 4.57 Å². The maximum atomic E-state index is 5.99. The number of imidazole rings is 1.